The second-order valence-corrected chi connectivity index (χ2v) is 12.2. The van der Waals surface area contributed by atoms with Crippen molar-refractivity contribution in [3.8, 4) is 5.75 Å². The number of rotatable bonds is 10. The Balaban J connectivity index is 2.00. The Morgan fingerprint density at radius 1 is 1.14 bits per heavy atom. The van der Waals surface area contributed by atoms with Crippen LogP contribution >= 0.6 is 18.7 Å². The highest BCUT2D eigenvalue weighted by Crippen LogP contribution is 2.39. The van der Waals surface area contributed by atoms with Gasteiger partial charge >= 0.3 is 0 Å². The van der Waals surface area contributed by atoms with Gasteiger partial charge in [0.1, 0.15) is 17.9 Å². The maximum Gasteiger partial charge on any atom is 0.247 e. The average Bonchev–Trinajstić information content (AvgIpc) is 2.85. The highest BCUT2D eigenvalue weighted by Gasteiger charge is 2.18. The number of nitrogens with zero attached hydrogens (tertiary/aromatic N) is 3. The van der Waals surface area contributed by atoms with Crippen LogP contribution in [0.5, 0.6) is 5.75 Å². The number of ether oxygens (including phenoxy) is 1. The molecular weight excluding hydrogens is 511 g/mol. The van der Waals surface area contributed by atoms with E-state index in [1.165, 1.54) is 12.3 Å². The summed E-state index contributed by atoms with van der Waals surface area (Å²) in [4.78, 5) is 22.7. The second kappa shape index (κ2) is 12.0. The molecule has 0 unspecified atom stereocenters. The normalized spacial score (nSPS) is 11.2. The van der Waals surface area contributed by atoms with Gasteiger partial charge in [-0.25, -0.2) is 4.98 Å². The number of carbonyl (C=O) groups is 1. The minimum atomic E-state index is -2.55. The molecule has 3 N–H and O–H groups in total. The molecule has 0 saturated heterocycles. The molecule has 0 fully saturated rings. The summed E-state index contributed by atoms with van der Waals surface area (Å²) in [6, 6.07) is 10.8. The summed E-state index contributed by atoms with van der Waals surface area (Å²) in [5, 5.41) is 10.1. The molecule has 0 saturated carbocycles. The molecule has 37 heavy (non-hydrogen) atoms. The molecule has 0 radical (unpaired) electrons. The maximum atomic E-state index is 12.8. The second-order valence-electron chi connectivity index (χ2n) is 8.62. The van der Waals surface area contributed by atoms with Crippen molar-refractivity contribution in [3.63, 3.8) is 0 Å². The fourth-order valence-electron chi connectivity index (χ4n) is 3.33. The molecule has 194 valence electrons. The van der Waals surface area contributed by atoms with Crippen LogP contribution in [0.4, 0.5) is 28.8 Å². The van der Waals surface area contributed by atoms with E-state index in [0.29, 0.717) is 33.9 Å². The fraction of sp³-hybridized carbons (Fsp3) is 0.192. The molecule has 1 amide bonds. The smallest absolute Gasteiger partial charge is 0.247 e. The van der Waals surface area contributed by atoms with Gasteiger partial charge in [-0.15, -0.1) is 0 Å². The van der Waals surface area contributed by atoms with Crippen molar-refractivity contribution >= 4 is 64.9 Å². The zero-order valence-corrected chi connectivity index (χ0v) is 23.0. The third kappa shape index (κ3) is 7.35. The Labute approximate surface area is 222 Å². The largest absolute Gasteiger partial charge is 0.495 e. The molecule has 9 nitrogen and oxygen atoms in total. The number of nitrogens with one attached hydrogen (secondary N) is 3. The lowest BCUT2D eigenvalue weighted by molar-refractivity contribution is -0.111. The lowest BCUT2D eigenvalue weighted by Crippen LogP contribution is -2.11. The standard InChI is InChI=1S/C26H30ClN6O3P/c1-7-24(34)29-20-15-21(22(36-4)14-17(20)12-13-33(2)3)31-26-28-16-18(27)25(32-26)30-19-10-8-9-11-23(19)37(5,6)35/h7-16H,1H2,2-6H3,(H,29,34)(H2,28,30,31,32)/b13-12+. The van der Waals surface area contributed by atoms with Crippen LogP contribution in [0.3, 0.4) is 0 Å². The van der Waals surface area contributed by atoms with Gasteiger partial charge < -0.3 is 30.2 Å². The number of hydrogen-bond acceptors (Lipinski definition) is 8. The first-order valence-electron chi connectivity index (χ1n) is 11.2. The summed E-state index contributed by atoms with van der Waals surface area (Å²) in [6.07, 6.45) is 6.36. The molecule has 2 aromatic carbocycles. The van der Waals surface area contributed by atoms with Crippen molar-refractivity contribution in [2.75, 3.05) is 50.5 Å². The maximum absolute atomic E-state index is 12.8. The van der Waals surface area contributed by atoms with Crippen molar-refractivity contribution < 1.29 is 14.1 Å². The number of methoxy groups -OCH3 is 1. The van der Waals surface area contributed by atoms with Crippen molar-refractivity contribution in [2.45, 2.75) is 0 Å². The summed E-state index contributed by atoms with van der Waals surface area (Å²) in [5.74, 6) is 0.722. The van der Waals surface area contributed by atoms with Crippen molar-refractivity contribution in [2.24, 2.45) is 0 Å². The molecule has 0 spiro atoms. The topological polar surface area (TPSA) is 108 Å². The number of para-hydroxylation sites is 1. The first-order chi connectivity index (χ1) is 17.5. The highest BCUT2D eigenvalue weighted by molar-refractivity contribution is 7.70. The molecule has 0 aliphatic rings. The summed E-state index contributed by atoms with van der Waals surface area (Å²) >= 11 is 6.38. The van der Waals surface area contributed by atoms with E-state index >= 15 is 0 Å². The molecule has 1 aromatic heterocycles. The number of aromatic nitrogens is 2. The molecule has 0 bridgehead atoms. The van der Waals surface area contributed by atoms with E-state index in [4.69, 9.17) is 16.3 Å². The SMILES string of the molecule is C=CC(=O)Nc1cc(Nc2ncc(Cl)c(Nc3ccccc3P(C)(C)=O)n2)c(OC)cc1/C=C/N(C)C. The summed E-state index contributed by atoms with van der Waals surface area (Å²) in [5.41, 5.74) is 2.43. The van der Waals surface area contributed by atoms with E-state index in [0.717, 1.165) is 5.56 Å². The van der Waals surface area contributed by atoms with Crippen molar-refractivity contribution in [1.29, 1.82) is 0 Å². The van der Waals surface area contributed by atoms with Gasteiger partial charge in [0.05, 0.1) is 30.4 Å². The van der Waals surface area contributed by atoms with E-state index in [9.17, 15) is 9.36 Å². The van der Waals surface area contributed by atoms with Gasteiger partial charge in [-0.05, 0) is 55.9 Å². The van der Waals surface area contributed by atoms with E-state index in [2.05, 4.69) is 32.5 Å². The van der Waals surface area contributed by atoms with E-state index in [1.54, 1.807) is 32.6 Å². The van der Waals surface area contributed by atoms with Gasteiger partial charge in [-0.3, -0.25) is 4.79 Å². The van der Waals surface area contributed by atoms with Crippen LogP contribution in [0, 0.1) is 0 Å². The molecule has 0 aliphatic heterocycles. The predicted molar refractivity (Wildman–Crippen MR) is 154 cm³/mol. The lowest BCUT2D eigenvalue weighted by Gasteiger charge is -2.17. The van der Waals surface area contributed by atoms with E-state index in [1.807, 2.05) is 55.5 Å². The lowest BCUT2D eigenvalue weighted by atomic mass is 10.1. The van der Waals surface area contributed by atoms with Crippen LogP contribution in [0.15, 0.2) is 61.4 Å². The van der Waals surface area contributed by atoms with Gasteiger partial charge in [-0.1, -0.05) is 30.3 Å². The van der Waals surface area contributed by atoms with Crippen LogP contribution in [0.1, 0.15) is 5.56 Å². The zero-order chi connectivity index (χ0) is 27.2. The van der Waals surface area contributed by atoms with Gasteiger partial charge in [0, 0.05) is 25.0 Å². The van der Waals surface area contributed by atoms with Crippen LogP contribution in [-0.4, -0.2) is 55.3 Å². The summed E-state index contributed by atoms with van der Waals surface area (Å²) < 4.78 is 18.3. The minimum Gasteiger partial charge on any atom is -0.495 e. The number of hydrogen-bond donors (Lipinski definition) is 3. The Bertz CT molecular complexity index is 1390. The van der Waals surface area contributed by atoms with Crippen LogP contribution < -0.4 is 26.0 Å². The van der Waals surface area contributed by atoms with Gasteiger partial charge in [0.15, 0.2) is 5.82 Å². The third-order valence-corrected chi connectivity index (χ3v) is 6.92. The van der Waals surface area contributed by atoms with Gasteiger partial charge in [0.25, 0.3) is 0 Å². The average molecular weight is 541 g/mol. The van der Waals surface area contributed by atoms with E-state index < -0.39 is 7.14 Å². The monoisotopic (exact) mass is 540 g/mol. The molecule has 3 aromatic rings. The Kier molecular flexibility index (Phi) is 8.97. The van der Waals surface area contributed by atoms with Crippen LogP contribution in [0.2, 0.25) is 5.02 Å². The molecule has 3 rings (SSSR count). The van der Waals surface area contributed by atoms with Crippen molar-refractivity contribution in [1.82, 2.24) is 14.9 Å². The first-order valence-corrected chi connectivity index (χ1v) is 14.2. The molecule has 1 heterocycles. The molecule has 0 atom stereocenters. The number of anilines is 5. The van der Waals surface area contributed by atoms with E-state index in [-0.39, 0.29) is 16.9 Å². The Morgan fingerprint density at radius 2 is 1.86 bits per heavy atom. The number of carbonyl (C=O) groups excluding carboxylic acids is 1. The molecule has 11 heteroatoms. The fourth-order valence-corrected chi connectivity index (χ4v) is 4.63. The summed E-state index contributed by atoms with van der Waals surface area (Å²) in [6.45, 7) is 6.93. The first kappa shape index (κ1) is 27.8. The highest BCUT2D eigenvalue weighted by atomic mass is 35.5. The Morgan fingerprint density at radius 3 is 2.51 bits per heavy atom. The van der Waals surface area contributed by atoms with Gasteiger partial charge in [0.2, 0.25) is 11.9 Å². The third-order valence-electron chi connectivity index (χ3n) is 5.10. The van der Waals surface area contributed by atoms with Crippen LogP contribution in [0.25, 0.3) is 6.08 Å². The number of benzene rings is 2. The summed E-state index contributed by atoms with van der Waals surface area (Å²) in [7, 11) is 2.78. The molecular formula is C26H30ClN6O3P. The molecule has 0 aliphatic carbocycles. The number of halogens is 1. The minimum absolute atomic E-state index is 0.233. The Hall–Kier alpha value is -3.81. The van der Waals surface area contributed by atoms with Gasteiger partial charge in [-0.2, -0.15) is 4.98 Å². The predicted octanol–water partition coefficient (Wildman–Crippen LogP) is 5.53. The zero-order valence-electron chi connectivity index (χ0n) is 21.4. The number of amides is 1. The quantitative estimate of drug-likeness (QED) is 0.227. The van der Waals surface area contributed by atoms with Crippen LogP contribution in [-0.2, 0) is 9.36 Å². The van der Waals surface area contributed by atoms with Crippen molar-refractivity contribution in [3.05, 3.63) is 72.0 Å².